The van der Waals surface area contributed by atoms with E-state index in [0.29, 0.717) is 0 Å². The number of fused-ring (bicyclic) bond motifs is 1. The van der Waals surface area contributed by atoms with Crippen LogP contribution in [0.25, 0.3) is 10.2 Å². The van der Waals surface area contributed by atoms with E-state index in [4.69, 9.17) is 10.1 Å². The van der Waals surface area contributed by atoms with Gasteiger partial charge in [0.25, 0.3) is 0 Å². The molecule has 2 atom stereocenters. The highest BCUT2D eigenvalue weighted by atomic mass is 32.1. The first-order valence-corrected chi connectivity index (χ1v) is 8.30. The van der Waals surface area contributed by atoms with Crippen molar-refractivity contribution >= 4 is 27.5 Å². The molecule has 0 saturated carbocycles. The number of likely N-dealkylation sites (tertiary alicyclic amines) is 1. The van der Waals surface area contributed by atoms with Gasteiger partial charge in [0, 0.05) is 6.04 Å². The average molecular weight is 304 g/mol. The number of hydrogen-bond acceptors (Lipinski definition) is 4. The fraction of sp³-hybridized carbons (Fsp3) is 0.500. The van der Waals surface area contributed by atoms with Crippen LogP contribution in [-0.2, 0) is 4.79 Å². The Kier molecular flexibility index (Phi) is 4.22. The van der Waals surface area contributed by atoms with Crippen LogP contribution in [0.3, 0.4) is 0 Å². The molecule has 2 heterocycles. The summed E-state index contributed by atoms with van der Waals surface area (Å²) in [7, 11) is 0. The second-order valence-electron chi connectivity index (χ2n) is 5.68. The van der Waals surface area contributed by atoms with Crippen molar-refractivity contribution in [2.45, 2.75) is 44.7 Å². The average Bonchev–Trinajstić information content (AvgIpc) is 2.90. The standard InChI is InChI=1S/C16H20N2O2S/c1-11(16-17-13-7-2-3-8-14(13)21-16)18-9-5-4-6-12(18)10-15(19)20/h2-3,7-8,11-12H,4-6,9-10H2,1H3,(H,19,20). The summed E-state index contributed by atoms with van der Waals surface area (Å²) in [4.78, 5) is 18.1. The molecule has 2 unspecified atom stereocenters. The van der Waals surface area contributed by atoms with E-state index >= 15 is 0 Å². The number of para-hydroxylation sites is 1. The van der Waals surface area contributed by atoms with Gasteiger partial charge in [0.05, 0.1) is 22.7 Å². The van der Waals surface area contributed by atoms with Gasteiger partial charge in [-0.1, -0.05) is 18.6 Å². The van der Waals surface area contributed by atoms with Crippen molar-refractivity contribution < 1.29 is 9.90 Å². The molecule has 5 heteroatoms. The molecule has 2 aromatic rings. The molecule has 1 aromatic heterocycles. The molecule has 1 N–H and O–H groups in total. The van der Waals surface area contributed by atoms with Crippen LogP contribution in [0.5, 0.6) is 0 Å². The van der Waals surface area contributed by atoms with Crippen LogP contribution in [-0.4, -0.2) is 33.5 Å². The Morgan fingerprint density at radius 1 is 1.48 bits per heavy atom. The van der Waals surface area contributed by atoms with Gasteiger partial charge in [-0.15, -0.1) is 11.3 Å². The number of piperidine rings is 1. The first kappa shape index (κ1) is 14.5. The molecule has 1 saturated heterocycles. The van der Waals surface area contributed by atoms with E-state index < -0.39 is 5.97 Å². The molecule has 1 aliphatic rings. The lowest BCUT2D eigenvalue weighted by molar-refractivity contribution is -0.139. The molecule has 0 radical (unpaired) electrons. The van der Waals surface area contributed by atoms with Crippen LogP contribution in [0.1, 0.15) is 43.7 Å². The first-order chi connectivity index (χ1) is 10.1. The molecule has 4 nitrogen and oxygen atoms in total. The van der Waals surface area contributed by atoms with Crippen molar-refractivity contribution in [1.29, 1.82) is 0 Å². The van der Waals surface area contributed by atoms with E-state index in [2.05, 4.69) is 17.9 Å². The largest absolute Gasteiger partial charge is 0.481 e. The van der Waals surface area contributed by atoms with Gasteiger partial charge in [0.1, 0.15) is 5.01 Å². The zero-order chi connectivity index (χ0) is 14.8. The highest BCUT2D eigenvalue weighted by Gasteiger charge is 2.30. The molecule has 1 aliphatic heterocycles. The Balaban J connectivity index is 1.84. The molecule has 0 aliphatic carbocycles. The van der Waals surface area contributed by atoms with E-state index in [0.717, 1.165) is 36.3 Å². The van der Waals surface area contributed by atoms with Gasteiger partial charge in [-0.3, -0.25) is 9.69 Å². The Morgan fingerprint density at radius 2 is 2.29 bits per heavy atom. The topological polar surface area (TPSA) is 53.4 Å². The summed E-state index contributed by atoms with van der Waals surface area (Å²) in [5.74, 6) is -0.705. The number of aliphatic carboxylic acids is 1. The third kappa shape index (κ3) is 3.09. The lowest BCUT2D eigenvalue weighted by Crippen LogP contribution is -2.42. The Morgan fingerprint density at radius 3 is 3.05 bits per heavy atom. The van der Waals surface area contributed by atoms with E-state index in [-0.39, 0.29) is 18.5 Å². The summed E-state index contributed by atoms with van der Waals surface area (Å²) in [6.07, 6.45) is 3.48. The molecule has 0 amide bonds. The quantitative estimate of drug-likeness (QED) is 0.936. The highest BCUT2D eigenvalue weighted by Crippen LogP contribution is 2.33. The number of carboxylic acid groups (broad SMARTS) is 1. The van der Waals surface area contributed by atoms with Gasteiger partial charge < -0.3 is 5.11 Å². The molecular weight excluding hydrogens is 284 g/mol. The van der Waals surface area contributed by atoms with Crippen molar-refractivity contribution in [3.05, 3.63) is 29.3 Å². The van der Waals surface area contributed by atoms with E-state index in [1.807, 2.05) is 18.2 Å². The molecule has 0 bridgehead atoms. The molecule has 21 heavy (non-hydrogen) atoms. The summed E-state index contributed by atoms with van der Waals surface area (Å²) in [6.45, 7) is 3.12. The lowest BCUT2D eigenvalue weighted by Gasteiger charge is -2.38. The number of rotatable bonds is 4. The second kappa shape index (κ2) is 6.12. The lowest BCUT2D eigenvalue weighted by atomic mass is 9.97. The van der Waals surface area contributed by atoms with Crippen molar-refractivity contribution in [2.24, 2.45) is 0 Å². The maximum Gasteiger partial charge on any atom is 0.304 e. The Hall–Kier alpha value is -1.46. The predicted molar refractivity (Wildman–Crippen MR) is 84.6 cm³/mol. The van der Waals surface area contributed by atoms with Crippen molar-refractivity contribution in [3.63, 3.8) is 0 Å². The summed E-state index contributed by atoms with van der Waals surface area (Å²) < 4.78 is 1.20. The van der Waals surface area contributed by atoms with Crippen LogP contribution < -0.4 is 0 Å². The van der Waals surface area contributed by atoms with Crippen LogP contribution in [0, 0.1) is 0 Å². The Bertz CT molecular complexity index is 607. The minimum Gasteiger partial charge on any atom is -0.481 e. The molecule has 112 valence electrons. The van der Waals surface area contributed by atoms with Gasteiger partial charge in [-0.2, -0.15) is 0 Å². The zero-order valence-corrected chi connectivity index (χ0v) is 13.0. The van der Waals surface area contributed by atoms with Gasteiger partial charge in [-0.25, -0.2) is 4.98 Å². The number of carbonyl (C=O) groups is 1. The minimum absolute atomic E-state index is 0.137. The summed E-state index contributed by atoms with van der Waals surface area (Å²) in [5.41, 5.74) is 1.04. The van der Waals surface area contributed by atoms with E-state index in [1.54, 1.807) is 11.3 Å². The van der Waals surface area contributed by atoms with E-state index in [1.165, 1.54) is 4.70 Å². The smallest absolute Gasteiger partial charge is 0.304 e. The Labute approximate surface area is 128 Å². The van der Waals surface area contributed by atoms with Gasteiger partial charge in [0.15, 0.2) is 0 Å². The molecule has 3 rings (SSSR count). The summed E-state index contributed by atoms with van der Waals surface area (Å²) >= 11 is 1.72. The van der Waals surface area contributed by atoms with Crippen LogP contribution in [0.4, 0.5) is 0 Å². The third-order valence-electron chi connectivity index (χ3n) is 4.25. The number of benzene rings is 1. The number of nitrogens with zero attached hydrogens (tertiary/aromatic N) is 2. The predicted octanol–water partition coefficient (Wildman–Crippen LogP) is 3.69. The number of aromatic nitrogens is 1. The number of carboxylic acids is 1. The second-order valence-corrected chi connectivity index (χ2v) is 6.74. The monoisotopic (exact) mass is 304 g/mol. The molecular formula is C16H20N2O2S. The molecule has 1 aromatic carbocycles. The SMILES string of the molecule is CC(c1nc2ccccc2s1)N1CCCCC1CC(=O)O. The van der Waals surface area contributed by atoms with Crippen LogP contribution in [0.2, 0.25) is 0 Å². The minimum atomic E-state index is -0.705. The van der Waals surface area contributed by atoms with Crippen molar-refractivity contribution in [3.8, 4) is 0 Å². The van der Waals surface area contributed by atoms with Gasteiger partial charge >= 0.3 is 5.97 Å². The van der Waals surface area contributed by atoms with Gasteiger partial charge in [-0.05, 0) is 38.4 Å². The zero-order valence-electron chi connectivity index (χ0n) is 12.2. The molecule has 1 fully saturated rings. The fourth-order valence-corrected chi connectivity index (χ4v) is 4.20. The summed E-state index contributed by atoms with van der Waals surface area (Å²) in [5, 5.41) is 10.2. The number of hydrogen-bond donors (Lipinski definition) is 1. The number of thiazole rings is 1. The third-order valence-corrected chi connectivity index (χ3v) is 5.45. The normalized spacial score (nSPS) is 21.5. The van der Waals surface area contributed by atoms with Gasteiger partial charge in [0.2, 0.25) is 0 Å². The fourth-order valence-electron chi connectivity index (χ4n) is 3.16. The highest BCUT2D eigenvalue weighted by molar-refractivity contribution is 7.18. The van der Waals surface area contributed by atoms with Crippen molar-refractivity contribution in [1.82, 2.24) is 9.88 Å². The summed E-state index contributed by atoms with van der Waals surface area (Å²) in [6, 6.07) is 8.49. The van der Waals surface area contributed by atoms with Crippen LogP contribution in [0.15, 0.2) is 24.3 Å². The maximum atomic E-state index is 11.1. The van der Waals surface area contributed by atoms with Crippen LogP contribution >= 0.6 is 11.3 Å². The van der Waals surface area contributed by atoms with Crippen molar-refractivity contribution in [2.75, 3.05) is 6.54 Å². The van der Waals surface area contributed by atoms with E-state index in [9.17, 15) is 4.79 Å². The molecule has 0 spiro atoms. The first-order valence-electron chi connectivity index (χ1n) is 7.48. The maximum absolute atomic E-state index is 11.1.